The van der Waals surface area contributed by atoms with Crippen LogP contribution in [0.4, 0.5) is 5.69 Å². The number of nitrogens with one attached hydrogen (secondary N) is 1. The molecule has 0 radical (unpaired) electrons. The Labute approximate surface area is 141 Å². The molecule has 0 atom stereocenters. The Hall–Kier alpha value is -3.20. The quantitative estimate of drug-likeness (QED) is 0.419. The number of carbonyl (C=O) groups is 1. The zero-order valence-electron chi connectivity index (χ0n) is 13.4. The summed E-state index contributed by atoms with van der Waals surface area (Å²) in [6.07, 6.45) is 0. The number of carbonyl (C=O) groups excluding carboxylic acids is 1. The highest BCUT2D eigenvalue weighted by molar-refractivity contribution is 6.09. The number of ketones is 1. The standard InChI is InChI=1S/C21H18N2O/c1-16(17-8-4-2-5-9-17)22-23-20-14-12-19(13-15-20)21(24)18-10-6-3-7-11-18/h2-15,23H,1H3. The van der Waals surface area contributed by atoms with Crippen LogP contribution in [0.25, 0.3) is 0 Å². The molecule has 24 heavy (non-hydrogen) atoms. The van der Waals surface area contributed by atoms with Gasteiger partial charge in [-0.15, -0.1) is 0 Å². The fraction of sp³-hybridized carbons (Fsp3) is 0.0476. The molecule has 3 rings (SSSR count). The number of hydrogen-bond donors (Lipinski definition) is 1. The van der Waals surface area contributed by atoms with Crippen molar-refractivity contribution in [1.29, 1.82) is 0 Å². The first-order valence-corrected chi connectivity index (χ1v) is 7.79. The topological polar surface area (TPSA) is 41.5 Å². The molecule has 0 spiro atoms. The maximum absolute atomic E-state index is 12.4. The van der Waals surface area contributed by atoms with E-state index in [-0.39, 0.29) is 5.78 Å². The van der Waals surface area contributed by atoms with Gasteiger partial charge in [0.1, 0.15) is 0 Å². The highest BCUT2D eigenvalue weighted by Crippen LogP contribution is 2.14. The molecule has 0 heterocycles. The Bertz CT molecular complexity index is 838. The largest absolute Gasteiger partial charge is 0.289 e. The Balaban J connectivity index is 1.70. The van der Waals surface area contributed by atoms with E-state index < -0.39 is 0 Å². The third-order valence-corrected chi connectivity index (χ3v) is 3.73. The average molecular weight is 314 g/mol. The predicted molar refractivity (Wildman–Crippen MR) is 98.6 cm³/mol. The smallest absolute Gasteiger partial charge is 0.193 e. The molecule has 3 aromatic rings. The molecule has 3 heteroatoms. The van der Waals surface area contributed by atoms with E-state index >= 15 is 0 Å². The van der Waals surface area contributed by atoms with E-state index in [1.54, 1.807) is 0 Å². The summed E-state index contributed by atoms with van der Waals surface area (Å²) in [5.41, 5.74) is 7.19. The number of nitrogens with zero attached hydrogens (tertiary/aromatic N) is 1. The lowest BCUT2D eigenvalue weighted by Gasteiger charge is -2.05. The maximum atomic E-state index is 12.4. The lowest BCUT2D eigenvalue weighted by Crippen LogP contribution is -2.02. The van der Waals surface area contributed by atoms with Crippen LogP contribution in [-0.4, -0.2) is 11.5 Å². The Morgan fingerprint density at radius 2 is 1.21 bits per heavy atom. The van der Waals surface area contributed by atoms with Crippen molar-refractivity contribution in [3.8, 4) is 0 Å². The number of hydrazone groups is 1. The minimum Gasteiger partial charge on any atom is -0.289 e. The van der Waals surface area contributed by atoms with Crippen molar-refractivity contribution in [2.75, 3.05) is 5.43 Å². The van der Waals surface area contributed by atoms with E-state index in [1.165, 1.54) is 0 Å². The molecule has 0 bridgehead atoms. The summed E-state index contributed by atoms with van der Waals surface area (Å²) in [5.74, 6) is 0.0196. The van der Waals surface area contributed by atoms with Gasteiger partial charge in [-0.1, -0.05) is 60.7 Å². The Kier molecular flexibility index (Phi) is 4.82. The molecule has 118 valence electrons. The summed E-state index contributed by atoms with van der Waals surface area (Å²) in [6.45, 7) is 1.95. The SMILES string of the molecule is CC(=NNc1ccc(C(=O)c2ccccc2)cc1)c1ccccc1. The van der Waals surface area contributed by atoms with Crippen molar-refractivity contribution in [1.82, 2.24) is 0 Å². The summed E-state index contributed by atoms with van der Waals surface area (Å²) in [5, 5.41) is 4.38. The summed E-state index contributed by atoms with van der Waals surface area (Å²) < 4.78 is 0. The van der Waals surface area contributed by atoms with Crippen LogP contribution < -0.4 is 5.43 Å². The third-order valence-electron chi connectivity index (χ3n) is 3.73. The minimum atomic E-state index is 0.0196. The summed E-state index contributed by atoms with van der Waals surface area (Å²) in [6, 6.07) is 26.6. The van der Waals surface area contributed by atoms with Gasteiger partial charge in [0.05, 0.1) is 11.4 Å². The van der Waals surface area contributed by atoms with E-state index in [9.17, 15) is 4.79 Å². The summed E-state index contributed by atoms with van der Waals surface area (Å²) in [7, 11) is 0. The van der Waals surface area contributed by atoms with E-state index in [1.807, 2.05) is 91.9 Å². The molecule has 3 aromatic carbocycles. The van der Waals surface area contributed by atoms with E-state index in [0.717, 1.165) is 17.0 Å². The van der Waals surface area contributed by atoms with Gasteiger partial charge in [-0.25, -0.2) is 0 Å². The predicted octanol–water partition coefficient (Wildman–Crippen LogP) is 4.75. The van der Waals surface area contributed by atoms with Gasteiger partial charge in [-0.2, -0.15) is 5.10 Å². The van der Waals surface area contributed by atoms with Crippen LogP contribution in [0.5, 0.6) is 0 Å². The van der Waals surface area contributed by atoms with Crippen LogP contribution in [0.3, 0.4) is 0 Å². The fourth-order valence-corrected chi connectivity index (χ4v) is 2.34. The molecule has 0 fully saturated rings. The van der Waals surface area contributed by atoms with Gasteiger partial charge < -0.3 is 0 Å². The molecule has 0 aromatic heterocycles. The third kappa shape index (κ3) is 3.76. The lowest BCUT2D eigenvalue weighted by molar-refractivity contribution is 0.103. The van der Waals surface area contributed by atoms with Crippen LogP contribution in [0.15, 0.2) is 90.0 Å². The number of anilines is 1. The monoisotopic (exact) mass is 314 g/mol. The van der Waals surface area contributed by atoms with Gasteiger partial charge in [0.25, 0.3) is 0 Å². The second kappa shape index (κ2) is 7.38. The van der Waals surface area contributed by atoms with Crippen LogP contribution in [0.1, 0.15) is 28.4 Å². The second-order valence-corrected chi connectivity index (χ2v) is 5.45. The van der Waals surface area contributed by atoms with Crippen LogP contribution in [0, 0.1) is 0 Å². The van der Waals surface area contributed by atoms with E-state index in [0.29, 0.717) is 11.1 Å². The van der Waals surface area contributed by atoms with Crippen molar-refractivity contribution in [2.45, 2.75) is 6.92 Å². The van der Waals surface area contributed by atoms with Gasteiger partial charge in [0, 0.05) is 11.1 Å². The number of benzene rings is 3. The molecule has 0 unspecified atom stereocenters. The first-order chi connectivity index (χ1) is 11.7. The molecule has 0 aliphatic rings. The van der Waals surface area contributed by atoms with Gasteiger partial charge in [0.15, 0.2) is 5.78 Å². The zero-order chi connectivity index (χ0) is 16.8. The van der Waals surface area contributed by atoms with E-state index in [4.69, 9.17) is 0 Å². The van der Waals surface area contributed by atoms with Crippen molar-refractivity contribution >= 4 is 17.2 Å². The van der Waals surface area contributed by atoms with Crippen LogP contribution in [-0.2, 0) is 0 Å². The molecule has 3 nitrogen and oxygen atoms in total. The van der Waals surface area contributed by atoms with Crippen molar-refractivity contribution in [2.24, 2.45) is 5.10 Å². The van der Waals surface area contributed by atoms with Crippen molar-refractivity contribution < 1.29 is 4.79 Å². The molecule has 1 N–H and O–H groups in total. The fourth-order valence-electron chi connectivity index (χ4n) is 2.34. The highest BCUT2D eigenvalue weighted by atomic mass is 16.1. The van der Waals surface area contributed by atoms with Crippen molar-refractivity contribution in [3.05, 3.63) is 102 Å². The minimum absolute atomic E-state index is 0.0196. The zero-order valence-corrected chi connectivity index (χ0v) is 13.4. The lowest BCUT2D eigenvalue weighted by atomic mass is 10.0. The average Bonchev–Trinajstić information content (AvgIpc) is 2.67. The molecule has 0 amide bonds. The molecule has 0 aliphatic heterocycles. The second-order valence-electron chi connectivity index (χ2n) is 5.45. The summed E-state index contributed by atoms with van der Waals surface area (Å²) in [4.78, 5) is 12.4. The van der Waals surface area contributed by atoms with Gasteiger partial charge in [-0.3, -0.25) is 10.2 Å². The van der Waals surface area contributed by atoms with Gasteiger partial charge in [0.2, 0.25) is 0 Å². The Morgan fingerprint density at radius 3 is 1.79 bits per heavy atom. The van der Waals surface area contributed by atoms with Crippen molar-refractivity contribution in [3.63, 3.8) is 0 Å². The molecular formula is C21H18N2O. The number of hydrogen-bond acceptors (Lipinski definition) is 3. The van der Waals surface area contributed by atoms with Crippen LogP contribution >= 0.6 is 0 Å². The Morgan fingerprint density at radius 1 is 0.708 bits per heavy atom. The molecule has 0 saturated heterocycles. The van der Waals surface area contributed by atoms with E-state index in [2.05, 4.69) is 10.5 Å². The normalized spacial score (nSPS) is 11.1. The number of rotatable bonds is 5. The van der Waals surface area contributed by atoms with Gasteiger partial charge in [-0.05, 0) is 36.8 Å². The van der Waals surface area contributed by atoms with Gasteiger partial charge >= 0.3 is 0 Å². The first kappa shape index (κ1) is 15.7. The molecular weight excluding hydrogens is 296 g/mol. The molecule has 0 saturated carbocycles. The first-order valence-electron chi connectivity index (χ1n) is 7.79. The summed E-state index contributed by atoms with van der Waals surface area (Å²) >= 11 is 0. The van der Waals surface area contributed by atoms with Crippen LogP contribution in [0.2, 0.25) is 0 Å². The molecule has 0 aliphatic carbocycles. The maximum Gasteiger partial charge on any atom is 0.193 e. The highest BCUT2D eigenvalue weighted by Gasteiger charge is 2.07.